The van der Waals surface area contributed by atoms with Gasteiger partial charge in [-0.25, -0.2) is 4.39 Å². The minimum absolute atomic E-state index is 0.131. The van der Waals surface area contributed by atoms with E-state index in [1.807, 2.05) is 12.1 Å². The van der Waals surface area contributed by atoms with Crippen molar-refractivity contribution in [2.24, 2.45) is 0 Å². The molecule has 0 fully saturated rings. The lowest BCUT2D eigenvalue weighted by molar-refractivity contribution is -0.118. The molecule has 0 aromatic heterocycles. The number of ether oxygens (including phenoxy) is 2. The summed E-state index contributed by atoms with van der Waals surface area (Å²) < 4.78 is 24.3. The third-order valence-corrected chi connectivity index (χ3v) is 4.80. The average Bonchev–Trinajstić information content (AvgIpc) is 2.84. The fraction of sp³-hybridized carbons (Fsp3) is 0.115. The van der Waals surface area contributed by atoms with Crippen molar-refractivity contribution in [1.82, 2.24) is 0 Å². The molecule has 0 unspecified atom stereocenters. The molecule has 0 aliphatic rings. The van der Waals surface area contributed by atoms with Gasteiger partial charge in [0.15, 0.2) is 18.1 Å². The number of carbonyl (C=O) groups is 2. The molecular formula is C26H21ClFN3O4. The number of nitrogens with one attached hydrogen (secondary N) is 2. The van der Waals surface area contributed by atoms with E-state index >= 15 is 0 Å². The zero-order valence-electron chi connectivity index (χ0n) is 18.7. The molecule has 0 saturated carbocycles. The molecule has 178 valence electrons. The molecule has 0 aliphatic carbocycles. The maximum Gasteiger partial charge on any atom is 0.266 e. The highest BCUT2D eigenvalue weighted by Gasteiger charge is 2.16. The van der Waals surface area contributed by atoms with Crippen molar-refractivity contribution in [2.45, 2.75) is 6.92 Å². The van der Waals surface area contributed by atoms with Crippen molar-refractivity contribution in [3.05, 3.63) is 88.7 Å². The zero-order valence-corrected chi connectivity index (χ0v) is 19.4. The van der Waals surface area contributed by atoms with E-state index in [0.717, 1.165) is 0 Å². The normalized spacial score (nSPS) is 10.7. The number of carbonyl (C=O) groups excluding carboxylic acids is 2. The molecule has 3 aromatic carbocycles. The molecule has 0 atom stereocenters. The van der Waals surface area contributed by atoms with Gasteiger partial charge in [0.2, 0.25) is 0 Å². The summed E-state index contributed by atoms with van der Waals surface area (Å²) in [6, 6.07) is 18.9. The van der Waals surface area contributed by atoms with Crippen LogP contribution in [0.15, 0.2) is 72.3 Å². The molecule has 35 heavy (non-hydrogen) atoms. The summed E-state index contributed by atoms with van der Waals surface area (Å²) in [5.41, 5.74) is 1.16. The molecule has 0 bridgehead atoms. The van der Waals surface area contributed by atoms with E-state index < -0.39 is 11.7 Å². The quantitative estimate of drug-likeness (QED) is 0.305. The second-order valence-corrected chi connectivity index (χ2v) is 7.50. The molecule has 2 amide bonds. The minimum atomic E-state index is -0.675. The van der Waals surface area contributed by atoms with Crippen LogP contribution in [0.2, 0.25) is 5.02 Å². The van der Waals surface area contributed by atoms with Gasteiger partial charge in [-0.15, -0.1) is 0 Å². The van der Waals surface area contributed by atoms with Crippen molar-refractivity contribution in [3.8, 4) is 17.6 Å². The standard InChI is InChI=1S/C26H21ClFN3O4/c1-2-34-23-14-17(12-18(15-29)26(33)31-21-10-8-19(28)9-11-21)13-22(27)25(23)35-16-24(32)30-20-6-4-3-5-7-20/h3-14H,2,16H2,1H3,(H,30,32)(H,31,33)/b18-12+. The molecule has 7 nitrogen and oxygen atoms in total. The summed E-state index contributed by atoms with van der Waals surface area (Å²) in [5.74, 6) is -1.11. The lowest BCUT2D eigenvalue weighted by atomic mass is 10.1. The van der Waals surface area contributed by atoms with E-state index in [0.29, 0.717) is 16.9 Å². The molecule has 0 aliphatic heterocycles. The van der Waals surface area contributed by atoms with Crippen molar-refractivity contribution in [2.75, 3.05) is 23.8 Å². The third kappa shape index (κ3) is 7.32. The van der Waals surface area contributed by atoms with Crippen LogP contribution in [0, 0.1) is 17.1 Å². The Bertz CT molecular complexity index is 1270. The average molecular weight is 494 g/mol. The number of anilines is 2. The Labute approximate surface area is 206 Å². The number of nitrogens with zero attached hydrogens (tertiary/aromatic N) is 1. The highest BCUT2D eigenvalue weighted by Crippen LogP contribution is 2.37. The number of amides is 2. The van der Waals surface area contributed by atoms with Crippen molar-refractivity contribution >= 4 is 40.9 Å². The third-order valence-electron chi connectivity index (χ3n) is 4.52. The summed E-state index contributed by atoms with van der Waals surface area (Å²) in [6.45, 7) is 1.73. The van der Waals surface area contributed by atoms with Gasteiger partial charge in [0.25, 0.3) is 11.8 Å². The molecule has 0 spiro atoms. The fourth-order valence-corrected chi connectivity index (χ4v) is 3.25. The van der Waals surface area contributed by atoms with Gasteiger partial charge in [0.05, 0.1) is 11.6 Å². The van der Waals surface area contributed by atoms with E-state index in [2.05, 4.69) is 10.6 Å². The van der Waals surface area contributed by atoms with Crippen LogP contribution in [0.5, 0.6) is 11.5 Å². The van der Waals surface area contributed by atoms with Crippen LogP contribution >= 0.6 is 11.6 Å². The first-order valence-electron chi connectivity index (χ1n) is 10.5. The lowest BCUT2D eigenvalue weighted by Gasteiger charge is -2.14. The Morgan fingerprint density at radius 1 is 1.03 bits per heavy atom. The molecule has 3 rings (SSSR count). The van der Waals surface area contributed by atoms with E-state index in [4.69, 9.17) is 21.1 Å². The van der Waals surface area contributed by atoms with E-state index in [9.17, 15) is 19.2 Å². The Kier molecular flexibility index (Phi) is 8.82. The molecule has 0 saturated heterocycles. The van der Waals surface area contributed by atoms with Gasteiger partial charge in [-0.1, -0.05) is 29.8 Å². The zero-order chi connectivity index (χ0) is 25.2. The number of hydrogen-bond donors (Lipinski definition) is 2. The number of halogens is 2. The molecular weight excluding hydrogens is 473 g/mol. The Morgan fingerprint density at radius 3 is 2.37 bits per heavy atom. The van der Waals surface area contributed by atoms with Crippen LogP contribution in [-0.4, -0.2) is 25.0 Å². The Hall–Kier alpha value is -4.35. The Balaban J connectivity index is 1.77. The van der Waals surface area contributed by atoms with Crippen LogP contribution < -0.4 is 20.1 Å². The summed E-state index contributed by atoms with van der Waals surface area (Å²) in [5, 5.41) is 14.8. The molecule has 0 radical (unpaired) electrons. The molecule has 9 heteroatoms. The maximum atomic E-state index is 13.1. The Morgan fingerprint density at radius 2 is 1.71 bits per heavy atom. The highest BCUT2D eigenvalue weighted by molar-refractivity contribution is 6.32. The number of para-hydroxylation sites is 1. The van der Waals surface area contributed by atoms with Crippen molar-refractivity contribution < 1.29 is 23.5 Å². The number of rotatable bonds is 9. The first kappa shape index (κ1) is 25.3. The first-order chi connectivity index (χ1) is 16.9. The summed E-state index contributed by atoms with van der Waals surface area (Å²) >= 11 is 6.38. The monoisotopic (exact) mass is 493 g/mol. The first-order valence-corrected chi connectivity index (χ1v) is 10.9. The van der Waals surface area contributed by atoms with Crippen LogP contribution in [0.4, 0.5) is 15.8 Å². The molecule has 0 heterocycles. The smallest absolute Gasteiger partial charge is 0.266 e. The largest absolute Gasteiger partial charge is 0.490 e. The van der Waals surface area contributed by atoms with E-state index in [-0.39, 0.29) is 41.2 Å². The molecule has 3 aromatic rings. The number of nitriles is 1. The van der Waals surface area contributed by atoms with Crippen LogP contribution in [-0.2, 0) is 9.59 Å². The van der Waals surface area contributed by atoms with Gasteiger partial charge in [0.1, 0.15) is 17.5 Å². The SMILES string of the molecule is CCOc1cc(/C=C(\C#N)C(=O)Nc2ccc(F)cc2)cc(Cl)c1OCC(=O)Nc1ccccc1. The number of hydrogen-bond acceptors (Lipinski definition) is 5. The summed E-state index contributed by atoms with van der Waals surface area (Å²) in [6.07, 6.45) is 1.33. The lowest BCUT2D eigenvalue weighted by Crippen LogP contribution is -2.20. The second kappa shape index (κ2) is 12.2. The van der Waals surface area contributed by atoms with Crippen molar-refractivity contribution in [1.29, 1.82) is 5.26 Å². The summed E-state index contributed by atoms with van der Waals surface area (Å²) in [7, 11) is 0. The molecule has 2 N–H and O–H groups in total. The maximum absolute atomic E-state index is 13.1. The van der Waals surface area contributed by atoms with Gasteiger partial charge in [-0.05, 0) is 67.1 Å². The highest BCUT2D eigenvalue weighted by atomic mass is 35.5. The van der Waals surface area contributed by atoms with Gasteiger partial charge >= 0.3 is 0 Å². The predicted octanol–water partition coefficient (Wildman–Crippen LogP) is 5.44. The van der Waals surface area contributed by atoms with E-state index in [1.54, 1.807) is 37.3 Å². The topological polar surface area (TPSA) is 100 Å². The summed E-state index contributed by atoms with van der Waals surface area (Å²) in [4.78, 5) is 24.7. The van der Waals surface area contributed by atoms with Crippen LogP contribution in [0.25, 0.3) is 6.08 Å². The second-order valence-electron chi connectivity index (χ2n) is 7.10. The van der Waals surface area contributed by atoms with E-state index in [1.165, 1.54) is 36.4 Å². The predicted molar refractivity (Wildman–Crippen MR) is 132 cm³/mol. The van der Waals surface area contributed by atoms with Gasteiger partial charge in [-0.3, -0.25) is 9.59 Å². The van der Waals surface area contributed by atoms with Crippen LogP contribution in [0.3, 0.4) is 0 Å². The number of benzene rings is 3. The van der Waals surface area contributed by atoms with Crippen LogP contribution in [0.1, 0.15) is 12.5 Å². The fourth-order valence-electron chi connectivity index (χ4n) is 2.98. The van der Waals surface area contributed by atoms with Crippen molar-refractivity contribution in [3.63, 3.8) is 0 Å². The van der Waals surface area contributed by atoms with Gasteiger partial charge < -0.3 is 20.1 Å². The van der Waals surface area contributed by atoms with Gasteiger partial charge in [-0.2, -0.15) is 5.26 Å². The minimum Gasteiger partial charge on any atom is -0.490 e. The van der Waals surface area contributed by atoms with Gasteiger partial charge in [0, 0.05) is 11.4 Å².